The first-order valence-corrected chi connectivity index (χ1v) is 11.1. The van der Waals surface area contributed by atoms with Gasteiger partial charge in [-0.2, -0.15) is 5.10 Å². The highest BCUT2D eigenvalue weighted by atomic mass is 16.2. The smallest absolute Gasteiger partial charge is 0.267 e. The Morgan fingerprint density at radius 3 is 2.27 bits per heavy atom. The number of aromatic nitrogens is 2. The van der Waals surface area contributed by atoms with Gasteiger partial charge in [-0.15, -0.1) is 0 Å². The highest BCUT2D eigenvalue weighted by molar-refractivity contribution is 5.94. The Morgan fingerprint density at radius 1 is 0.909 bits per heavy atom. The van der Waals surface area contributed by atoms with E-state index in [2.05, 4.69) is 10.00 Å². The fraction of sp³-hybridized carbons (Fsp3) is 0.308. The van der Waals surface area contributed by atoms with E-state index in [0.29, 0.717) is 37.4 Å². The van der Waals surface area contributed by atoms with Crippen LogP contribution in [-0.2, 0) is 11.3 Å². The summed E-state index contributed by atoms with van der Waals surface area (Å²) in [6.45, 7) is 8.01. The molecule has 1 aliphatic rings. The van der Waals surface area contributed by atoms with Crippen LogP contribution in [-0.4, -0.2) is 52.5 Å². The molecule has 1 aliphatic heterocycles. The van der Waals surface area contributed by atoms with Crippen molar-refractivity contribution in [2.75, 3.05) is 31.1 Å². The molecule has 7 heteroatoms. The lowest BCUT2D eigenvalue weighted by Crippen LogP contribution is -2.50. The number of carbonyl (C=O) groups is 2. The third-order valence-corrected chi connectivity index (χ3v) is 6.09. The van der Waals surface area contributed by atoms with Crippen molar-refractivity contribution in [3.05, 3.63) is 81.6 Å². The van der Waals surface area contributed by atoms with Gasteiger partial charge < -0.3 is 9.80 Å². The van der Waals surface area contributed by atoms with Crippen LogP contribution in [0.1, 0.15) is 28.4 Å². The zero-order valence-electron chi connectivity index (χ0n) is 19.2. The molecule has 0 aliphatic carbocycles. The third kappa shape index (κ3) is 5.03. The van der Waals surface area contributed by atoms with Gasteiger partial charge in [0.05, 0.1) is 5.69 Å². The summed E-state index contributed by atoms with van der Waals surface area (Å²) in [7, 11) is 0. The molecular weight excluding hydrogens is 416 g/mol. The number of rotatable bonds is 5. The van der Waals surface area contributed by atoms with E-state index in [4.69, 9.17) is 0 Å². The second-order valence-corrected chi connectivity index (χ2v) is 8.50. The quantitative estimate of drug-likeness (QED) is 0.566. The summed E-state index contributed by atoms with van der Waals surface area (Å²) < 4.78 is 1.26. The highest BCUT2D eigenvalue weighted by Crippen LogP contribution is 2.22. The van der Waals surface area contributed by atoms with Gasteiger partial charge in [0.1, 0.15) is 6.54 Å². The molecule has 7 nitrogen and oxygen atoms in total. The van der Waals surface area contributed by atoms with E-state index < -0.39 is 0 Å². The Morgan fingerprint density at radius 2 is 1.61 bits per heavy atom. The van der Waals surface area contributed by atoms with Crippen LogP contribution in [0.25, 0.3) is 11.3 Å². The Labute approximate surface area is 193 Å². The number of piperazine rings is 1. The number of Topliss-reactive ketones (excluding diaryl/α,β-unsaturated/α-hetero) is 1. The van der Waals surface area contributed by atoms with Crippen molar-refractivity contribution in [3.8, 4) is 11.3 Å². The number of hydrogen-bond acceptors (Lipinski definition) is 5. The maximum atomic E-state index is 12.9. The van der Waals surface area contributed by atoms with Crippen molar-refractivity contribution in [1.82, 2.24) is 14.7 Å². The molecule has 0 N–H and O–H groups in total. The normalized spacial score (nSPS) is 13.8. The minimum atomic E-state index is -0.290. The molecule has 2 aromatic carbocycles. The minimum Gasteiger partial charge on any atom is -0.368 e. The van der Waals surface area contributed by atoms with Gasteiger partial charge in [-0.3, -0.25) is 14.4 Å². The van der Waals surface area contributed by atoms with Crippen molar-refractivity contribution >= 4 is 17.4 Å². The van der Waals surface area contributed by atoms with Crippen molar-refractivity contribution < 1.29 is 9.59 Å². The zero-order valence-corrected chi connectivity index (χ0v) is 19.2. The van der Waals surface area contributed by atoms with E-state index in [-0.39, 0.29) is 23.8 Å². The van der Waals surface area contributed by atoms with Gasteiger partial charge in [0, 0.05) is 49.1 Å². The SMILES string of the molecule is CC(=O)c1ccc(N2CCN(C(=O)Cn3nc(-c4cc(C)ccc4C)ccc3=O)CC2)cc1. The van der Waals surface area contributed by atoms with Gasteiger partial charge in [-0.05, 0) is 62.7 Å². The molecule has 1 amide bonds. The number of ketones is 1. The first-order chi connectivity index (χ1) is 15.8. The number of nitrogens with zero attached hydrogens (tertiary/aromatic N) is 4. The third-order valence-electron chi connectivity index (χ3n) is 6.09. The Balaban J connectivity index is 1.42. The zero-order chi connectivity index (χ0) is 23.5. The Kier molecular flexibility index (Phi) is 6.40. The molecule has 0 spiro atoms. The number of anilines is 1. The van der Waals surface area contributed by atoms with Crippen LogP contribution < -0.4 is 10.5 Å². The first-order valence-electron chi connectivity index (χ1n) is 11.1. The van der Waals surface area contributed by atoms with Gasteiger partial charge in [0.25, 0.3) is 5.56 Å². The minimum absolute atomic E-state index is 0.0439. The second-order valence-electron chi connectivity index (χ2n) is 8.50. The first kappa shape index (κ1) is 22.5. The van der Waals surface area contributed by atoms with E-state index in [9.17, 15) is 14.4 Å². The highest BCUT2D eigenvalue weighted by Gasteiger charge is 2.22. The maximum absolute atomic E-state index is 12.9. The molecule has 1 aromatic heterocycles. The van der Waals surface area contributed by atoms with E-state index in [1.54, 1.807) is 17.9 Å². The summed E-state index contributed by atoms with van der Waals surface area (Å²) in [6.07, 6.45) is 0. The summed E-state index contributed by atoms with van der Waals surface area (Å²) in [4.78, 5) is 40.7. The van der Waals surface area contributed by atoms with Crippen molar-refractivity contribution in [2.24, 2.45) is 0 Å². The van der Waals surface area contributed by atoms with Gasteiger partial charge in [-0.25, -0.2) is 4.68 Å². The number of amides is 1. The van der Waals surface area contributed by atoms with Crippen LogP contribution >= 0.6 is 0 Å². The van der Waals surface area contributed by atoms with Gasteiger partial charge >= 0.3 is 0 Å². The fourth-order valence-corrected chi connectivity index (χ4v) is 4.07. The standard InChI is InChI=1S/C26H28N4O3/c1-18-4-5-19(2)23(16-18)24-10-11-25(32)30(27-24)17-26(33)29-14-12-28(13-15-29)22-8-6-21(7-9-22)20(3)31/h4-11,16H,12-15,17H2,1-3H3. The average Bonchev–Trinajstić information content (AvgIpc) is 2.82. The molecule has 0 radical (unpaired) electrons. The Hall–Kier alpha value is -3.74. The summed E-state index contributed by atoms with van der Waals surface area (Å²) in [6, 6.07) is 16.8. The van der Waals surface area contributed by atoms with Gasteiger partial charge in [-0.1, -0.05) is 17.7 Å². The predicted molar refractivity (Wildman–Crippen MR) is 129 cm³/mol. The van der Waals surface area contributed by atoms with Crippen molar-refractivity contribution in [1.29, 1.82) is 0 Å². The van der Waals surface area contributed by atoms with Crippen molar-refractivity contribution in [3.63, 3.8) is 0 Å². The molecule has 1 fully saturated rings. The average molecular weight is 445 g/mol. The molecular formula is C26H28N4O3. The molecule has 2 heterocycles. The van der Waals surface area contributed by atoms with Crippen LogP contribution in [0.3, 0.4) is 0 Å². The lowest BCUT2D eigenvalue weighted by molar-refractivity contribution is -0.132. The molecule has 0 unspecified atom stereocenters. The molecule has 0 bridgehead atoms. The van der Waals surface area contributed by atoms with Crippen LogP contribution in [0.2, 0.25) is 0 Å². The monoisotopic (exact) mass is 444 g/mol. The largest absolute Gasteiger partial charge is 0.368 e. The topological polar surface area (TPSA) is 75.5 Å². The molecule has 0 atom stereocenters. The molecule has 4 rings (SSSR count). The molecule has 3 aromatic rings. The lowest BCUT2D eigenvalue weighted by atomic mass is 10.0. The van der Waals surface area contributed by atoms with E-state index in [0.717, 1.165) is 22.4 Å². The van der Waals surface area contributed by atoms with Crippen molar-refractivity contribution in [2.45, 2.75) is 27.3 Å². The number of aryl methyl sites for hydroxylation is 2. The molecule has 170 valence electrons. The number of hydrogen-bond donors (Lipinski definition) is 0. The lowest BCUT2D eigenvalue weighted by Gasteiger charge is -2.36. The van der Waals surface area contributed by atoms with E-state index in [1.165, 1.54) is 10.7 Å². The fourth-order valence-electron chi connectivity index (χ4n) is 4.07. The van der Waals surface area contributed by atoms with Gasteiger partial charge in [0.2, 0.25) is 5.91 Å². The summed E-state index contributed by atoms with van der Waals surface area (Å²) in [5, 5.41) is 4.48. The van der Waals surface area contributed by atoms with Crippen LogP contribution in [0.15, 0.2) is 59.4 Å². The second kappa shape index (κ2) is 9.40. The molecule has 33 heavy (non-hydrogen) atoms. The number of benzene rings is 2. The van der Waals surface area contributed by atoms with Gasteiger partial charge in [0.15, 0.2) is 5.78 Å². The maximum Gasteiger partial charge on any atom is 0.267 e. The van der Waals surface area contributed by atoms with Crippen LogP contribution in [0.4, 0.5) is 5.69 Å². The summed E-state index contributed by atoms with van der Waals surface area (Å²) in [5.74, 6) is -0.0725. The Bertz CT molecular complexity index is 1240. The van der Waals surface area contributed by atoms with Crippen LogP contribution in [0, 0.1) is 13.8 Å². The molecule has 0 saturated carbocycles. The molecule has 1 saturated heterocycles. The summed E-state index contributed by atoms with van der Waals surface area (Å²) in [5.41, 5.74) is 5.25. The number of carbonyl (C=O) groups excluding carboxylic acids is 2. The van der Waals surface area contributed by atoms with Crippen LogP contribution in [0.5, 0.6) is 0 Å². The van der Waals surface area contributed by atoms with E-state index in [1.807, 2.05) is 56.3 Å². The summed E-state index contributed by atoms with van der Waals surface area (Å²) >= 11 is 0. The predicted octanol–water partition coefficient (Wildman–Crippen LogP) is 3.08. The van der Waals surface area contributed by atoms with E-state index >= 15 is 0 Å².